The van der Waals surface area contributed by atoms with Gasteiger partial charge in [0.1, 0.15) is 5.60 Å². The van der Waals surface area contributed by atoms with Crippen LogP contribution in [0, 0.1) is 0 Å². The molecule has 0 aromatic heterocycles. The molecule has 0 bridgehead atoms. The Morgan fingerprint density at radius 2 is 2.09 bits per heavy atom. The molecule has 0 aliphatic heterocycles. The summed E-state index contributed by atoms with van der Waals surface area (Å²) in [4.78, 5) is 14.5. The Hall–Kier alpha value is -1.29. The highest BCUT2D eigenvalue weighted by molar-refractivity contribution is 9.10. The number of nitrogens with zero attached hydrogens (tertiary/aromatic N) is 1. The van der Waals surface area contributed by atoms with E-state index in [1.165, 1.54) is 0 Å². The fraction of sp³-hybridized carbons (Fsp3) is 0.500. The molecule has 1 aliphatic carbocycles. The molecule has 0 fully saturated rings. The molecule has 1 aliphatic rings. The molecule has 1 unspecified atom stereocenters. The first-order valence-electron chi connectivity index (χ1n) is 7.76. The molecule has 120 valence electrons. The van der Waals surface area contributed by atoms with Gasteiger partial charge in [0.05, 0.1) is 12.6 Å². The van der Waals surface area contributed by atoms with E-state index in [-0.39, 0.29) is 12.1 Å². The van der Waals surface area contributed by atoms with Crippen molar-refractivity contribution in [2.45, 2.75) is 58.2 Å². The van der Waals surface area contributed by atoms with Crippen molar-refractivity contribution in [3.63, 3.8) is 0 Å². The lowest BCUT2D eigenvalue weighted by atomic mass is 10.0. The van der Waals surface area contributed by atoms with Crippen LogP contribution in [0.25, 0.3) is 0 Å². The van der Waals surface area contributed by atoms with E-state index in [0.29, 0.717) is 6.54 Å². The zero-order valence-corrected chi connectivity index (χ0v) is 15.1. The van der Waals surface area contributed by atoms with E-state index < -0.39 is 5.60 Å². The van der Waals surface area contributed by atoms with Gasteiger partial charge < -0.3 is 4.74 Å². The van der Waals surface area contributed by atoms with Gasteiger partial charge >= 0.3 is 6.09 Å². The smallest absolute Gasteiger partial charge is 0.411 e. The predicted octanol–water partition coefficient (Wildman–Crippen LogP) is 5.29. The van der Waals surface area contributed by atoms with Crippen molar-refractivity contribution >= 4 is 22.0 Å². The van der Waals surface area contributed by atoms with Crippen LogP contribution in [0.1, 0.15) is 45.6 Å². The minimum Gasteiger partial charge on any atom is -0.444 e. The third-order valence-electron chi connectivity index (χ3n) is 3.56. The minimum atomic E-state index is -0.484. The Bertz CT molecular complexity index is 548. The van der Waals surface area contributed by atoms with Crippen LogP contribution in [0.3, 0.4) is 0 Å². The standard InChI is InChI=1S/C18H24BrNO2/c1-18(2,3)22-17(21)20(15-10-5-4-6-11-15)13-14-9-7-8-12-16(14)19/h5,7-10,12,15H,4,6,11,13H2,1-3H3. The van der Waals surface area contributed by atoms with Crippen molar-refractivity contribution in [2.75, 3.05) is 0 Å². The minimum absolute atomic E-state index is 0.107. The summed E-state index contributed by atoms with van der Waals surface area (Å²) in [6.07, 6.45) is 7.22. The van der Waals surface area contributed by atoms with E-state index >= 15 is 0 Å². The van der Waals surface area contributed by atoms with Gasteiger partial charge in [0.2, 0.25) is 0 Å². The van der Waals surface area contributed by atoms with Gasteiger partial charge in [-0.25, -0.2) is 4.79 Å². The fourth-order valence-corrected chi connectivity index (χ4v) is 2.91. The SMILES string of the molecule is CC(C)(C)OC(=O)N(Cc1ccccc1Br)C1C=CCCC1. The van der Waals surface area contributed by atoms with E-state index in [2.05, 4.69) is 28.1 Å². The molecule has 0 saturated carbocycles. The number of rotatable bonds is 3. The van der Waals surface area contributed by atoms with Gasteiger partial charge in [-0.15, -0.1) is 0 Å². The number of carbonyl (C=O) groups excluding carboxylic acids is 1. The van der Waals surface area contributed by atoms with Crippen LogP contribution in [0.2, 0.25) is 0 Å². The van der Waals surface area contributed by atoms with Gasteiger partial charge in [-0.2, -0.15) is 0 Å². The highest BCUT2D eigenvalue weighted by Crippen LogP contribution is 2.24. The molecule has 3 nitrogen and oxygen atoms in total. The third kappa shape index (κ3) is 4.87. The van der Waals surface area contributed by atoms with Crippen molar-refractivity contribution in [3.8, 4) is 0 Å². The molecule has 0 N–H and O–H groups in total. The zero-order valence-electron chi connectivity index (χ0n) is 13.5. The van der Waals surface area contributed by atoms with E-state index in [0.717, 1.165) is 29.3 Å². The summed E-state index contributed by atoms with van der Waals surface area (Å²) in [6.45, 7) is 6.25. The summed E-state index contributed by atoms with van der Waals surface area (Å²) in [5.41, 5.74) is 0.606. The number of amides is 1. The molecule has 1 aromatic carbocycles. The first-order valence-corrected chi connectivity index (χ1v) is 8.56. The number of benzene rings is 1. The van der Waals surface area contributed by atoms with Crippen LogP contribution < -0.4 is 0 Å². The van der Waals surface area contributed by atoms with Gasteiger partial charge in [0.15, 0.2) is 0 Å². The lowest BCUT2D eigenvalue weighted by Gasteiger charge is -2.33. The van der Waals surface area contributed by atoms with Crippen molar-refractivity contribution in [3.05, 3.63) is 46.5 Å². The summed E-state index contributed by atoms with van der Waals surface area (Å²) < 4.78 is 6.62. The van der Waals surface area contributed by atoms with E-state index in [4.69, 9.17) is 4.74 Å². The highest BCUT2D eigenvalue weighted by Gasteiger charge is 2.28. The monoisotopic (exact) mass is 365 g/mol. The first kappa shape index (κ1) is 17.1. The maximum absolute atomic E-state index is 12.6. The molecule has 0 radical (unpaired) electrons. The Kier molecular flexibility index (Phi) is 5.68. The Morgan fingerprint density at radius 1 is 1.36 bits per heavy atom. The lowest BCUT2D eigenvalue weighted by molar-refractivity contribution is 0.0168. The first-order chi connectivity index (χ1) is 10.4. The Balaban J connectivity index is 2.21. The van der Waals surface area contributed by atoms with E-state index in [9.17, 15) is 4.79 Å². The lowest BCUT2D eigenvalue weighted by Crippen LogP contribution is -2.42. The number of hydrogen-bond acceptors (Lipinski definition) is 2. The van der Waals surface area contributed by atoms with E-state index in [1.807, 2.05) is 49.9 Å². The van der Waals surface area contributed by atoms with Crippen LogP contribution in [0.15, 0.2) is 40.9 Å². The average molecular weight is 366 g/mol. The van der Waals surface area contributed by atoms with Crippen molar-refractivity contribution in [2.24, 2.45) is 0 Å². The summed E-state index contributed by atoms with van der Waals surface area (Å²) in [5, 5.41) is 0. The van der Waals surface area contributed by atoms with Gasteiger partial charge in [-0.3, -0.25) is 4.90 Å². The molecule has 0 heterocycles. The number of halogens is 1. The third-order valence-corrected chi connectivity index (χ3v) is 4.33. The number of hydrogen-bond donors (Lipinski definition) is 0. The second-order valence-electron chi connectivity index (χ2n) is 6.63. The van der Waals surface area contributed by atoms with E-state index in [1.54, 1.807) is 0 Å². The predicted molar refractivity (Wildman–Crippen MR) is 92.7 cm³/mol. The number of allylic oxidation sites excluding steroid dienone is 1. The zero-order chi connectivity index (χ0) is 16.2. The molecule has 0 spiro atoms. The van der Waals surface area contributed by atoms with Gasteiger partial charge in [0.25, 0.3) is 0 Å². The van der Waals surface area contributed by atoms with Crippen LogP contribution in [-0.2, 0) is 11.3 Å². The second-order valence-corrected chi connectivity index (χ2v) is 7.48. The molecule has 1 atom stereocenters. The maximum Gasteiger partial charge on any atom is 0.411 e. The summed E-state index contributed by atoms with van der Waals surface area (Å²) >= 11 is 3.56. The fourth-order valence-electron chi connectivity index (χ4n) is 2.50. The topological polar surface area (TPSA) is 29.5 Å². The second kappa shape index (κ2) is 7.32. The Labute approximate surface area is 141 Å². The maximum atomic E-state index is 12.6. The largest absolute Gasteiger partial charge is 0.444 e. The highest BCUT2D eigenvalue weighted by atomic mass is 79.9. The van der Waals surface area contributed by atoms with Crippen LogP contribution in [-0.4, -0.2) is 22.6 Å². The molecule has 22 heavy (non-hydrogen) atoms. The summed E-state index contributed by atoms with van der Waals surface area (Å²) in [7, 11) is 0. The van der Waals surface area contributed by atoms with Crippen LogP contribution in [0.5, 0.6) is 0 Å². The van der Waals surface area contributed by atoms with Gasteiger partial charge in [0, 0.05) is 4.47 Å². The molecular weight excluding hydrogens is 342 g/mol. The molecular formula is C18H24BrNO2. The molecule has 4 heteroatoms. The summed E-state index contributed by atoms with van der Waals surface area (Å²) in [5.74, 6) is 0. The van der Waals surface area contributed by atoms with Crippen molar-refractivity contribution in [1.29, 1.82) is 0 Å². The average Bonchev–Trinajstić information content (AvgIpc) is 2.45. The molecule has 2 rings (SSSR count). The Morgan fingerprint density at radius 3 is 2.68 bits per heavy atom. The molecule has 1 amide bonds. The van der Waals surface area contributed by atoms with Crippen molar-refractivity contribution in [1.82, 2.24) is 4.90 Å². The molecule has 1 aromatic rings. The van der Waals surface area contributed by atoms with Crippen LogP contribution in [0.4, 0.5) is 4.79 Å². The van der Waals surface area contributed by atoms with Crippen molar-refractivity contribution < 1.29 is 9.53 Å². The normalized spacial score (nSPS) is 18.1. The van der Waals surface area contributed by atoms with Gasteiger partial charge in [-0.1, -0.05) is 46.3 Å². The van der Waals surface area contributed by atoms with Gasteiger partial charge in [-0.05, 0) is 51.7 Å². The van der Waals surface area contributed by atoms with Crippen LogP contribution >= 0.6 is 15.9 Å². The molecule has 0 saturated heterocycles. The number of ether oxygens (including phenoxy) is 1. The summed E-state index contributed by atoms with van der Waals surface area (Å²) in [6, 6.07) is 8.11. The number of carbonyl (C=O) groups is 1. The quantitative estimate of drug-likeness (QED) is 0.680.